The highest BCUT2D eigenvalue weighted by atomic mass is 16.5. The maximum atomic E-state index is 5.63. The van der Waals surface area contributed by atoms with Crippen molar-refractivity contribution in [2.45, 2.75) is 45.1 Å². The first-order valence-electron chi connectivity index (χ1n) is 9.30. The van der Waals surface area contributed by atoms with E-state index in [-0.39, 0.29) is 5.41 Å². The minimum atomic E-state index is 0.0661. The minimum Gasteiger partial charge on any atom is -0.381 e. The van der Waals surface area contributed by atoms with Crippen LogP contribution in [0.25, 0.3) is 11.0 Å². The summed E-state index contributed by atoms with van der Waals surface area (Å²) >= 11 is 0. The highest BCUT2D eigenvalue weighted by molar-refractivity contribution is 5.76. The molecule has 130 valence electrons. The number of imidazole rings is 1. The van der Waals surface area contributed by atoms with Gasteiger partial charge in [-0.15, -0.1) is 0 Å². The Bertz CT molecular complexity index is 703. The normalized spacial score (nSPS) is 23.5. The number of aromatic nitrogens is 2. The molecule has 2 fully saturated rings. The second-order valence-corrected chi connectivity index (χ2v) is 8.50. The molecule has 1 aromatic heterocycles. The van der Waals surface area contributed by atoms with Gasteiger partial charge in [-0.1, -0.05) is 32.9 Å². The molecule has 1 aromatic carbocycles. The molecule has 1 atom stereocenters. The highest BCUT2D eigenvalue weighted by Gasteiger charge is 2.35. The van der Waals surface area contributed by atoms with Gasteiger partial charge >= 0.3 is 0 Å². The molecule has 3 heterocycles. The van der Waals surface area contributed by atoms with Gasteiger partial charge in [0.05, 0.1) is 23.7 Å². The summed E-state index contributed by atoms with van der Waals surface area (Å²) in [6.07, 6.45) is 2.55. The Balaban J connectivity index is 1.52. The van der Waals surface area contributed by atoms with Crippen LogP contribution in [0.3, 0.4) is 0 Å². The van der Waals surface area contributed by atoms with Crippen molar-refractivity contribution >= 4 is 11.0 Å². The number of fused-ring (bicyclic) bond motifs is 1. The summed E-state index contributed by atoms with van der Waals surface area (Å²) < 4.78 is 8.13. The fraction of sp³-hybridized carbons (Fsp3) is 0.650. The third kappa shape index (κ3) is 2.98. The van der Waals surface area contributed by atoms with E-state index < -0.39 is 0 Å². The average Bonchev–Trinajstić information content (AvgIpc) is 2.91. The van der Waals surface area contributed by atoms with Crippen molar-refractivity contribution in [1.29, 1.82) is 0 Å². The van der Waals surface area contributed by atoms with E-state index in [0.717, 1.165) is 37.7 Å². The van der Waals surface area contributed by atoms with Gasteiger partial charge in [0, 0.05) is 31.7 Å². The quantitative estimate of drug-likeness (QED) is 0.862. The Kier molecular flexibility index (Phi) is 4.13. The van der Waals surface area contributed by atoms with Gasteiger partial charge in [-0.2, -0.15) is 0 Å². The monoisotopic (exact) mass is 327 g/mol. The second kappa shape index (κ2) is 6.16. The number of para-hydroxylation sites is 2. The number of hydrogen-bond acceptors (Lipinski definition) is 3. The van der Waals surface area contributed by atoms with Gasteiger partial charge in [0.1, 0.15) is 5.82 Å². The largest absolute Gasteiger partial charge is 0.381 e. The summed E-state index contributed by atoms with van der Waals surface area (Å²) in [5.74, 6) is 1.94. The maximum absolute atomic E-state index is 5.63. The fourth-order valence-electron chi connectivity index (χ4n) is 4.11. The zero-order valence-electron chi connectivity index (χ0n) is 15.2. The van der Waals surface area contributed by atoms with E-state index in [2.05, 4.69) is 54.5 Å². The summed E-state index contributed by atoms with van der Waals surface area (Å²) in [7, 11) is 0. The molecule has 2 saturated heterocycles. The number of nitrogens with zero attached hydrogens (tertiary/aromatic N) is 3. The summed E-state index contributed by atoms with van der Waals surface area (Å²) in [6, 6.07) is 9.12. The van der Waals surface area contributed by atoms with Gasteiger partial charge in [0.25, 0.3) is 0 Å². The molecule has 4 rings (SSSR count). The van der Waals surface area contributed by atoms with E-state index in [4.69, 9.17) is 9.72 Å². The van der Waals surface area contributed by atoms with Crippen LogP contribution in [-0.4, -0.2) is 47.3 Å². The van der Waals surface area contributed by atoms with Gasteiger partial charge in [-0.3, -0.25) is 4.90 Å². The van der Waals surface area contributed by atoms with Crippen molar-refractivity contribution in [2.75, 3.05) is 32.8 Å². The van der Waals surface area contributed by atoms with Crippen LogP contribution < -0.4 is 0 Å². The molecular formula is C20H29N3O. The third-order valence-electron chi connectivity index (χ3n) is 5.34. The van der Waals surface area contributed by atoms with Crippen molar-refractivity contribution in [2.24, 2.45) is 5.92 Å². The lowest BCUT2D eigenvalue weighted by Gasteiger charge is -2.43. The summed E-state index contributed by atoms with van der Waals surface area (Å²) in [5.41, 5.74) is 2.48. The van der Waals surface area contributed by atoms with E-state index in [9.17, 15) is 0 Å². The highest BCUT2D eigenvalue weighted by Crippen LogP contribution is 2.34. The molecule has 0 bridgehead atoms. The fourth-order valence-corrected chi connectivity index (χ4v) is 4.11. The number of benzene rings is 1. The van der Waals surface area contributed by atoms with Gasteiger partial charge in [-0.25, -0.2) is 4.98 Å². The lowest BCUT2D eigenvalue weighted by atomic mass is 9.94. The predicted molar refractivity (Wildman–Crippen MR) is 97.5 cm³/mol. The van der Waals surface area contributed by atoms with Crippen LogP contribution in [0, 0.1) is 5.92 Å². The van der Waals surface area contributed by atoms with Crippen LogP contribution in [0.2, 0.25) is 0 Å². The van der Waals surface area contributed by atoms with Crippen LogP contribution in [0.1, 0.15) is 45.5 Å². The molecule has 1 unspecified atom stereocenters. The standard InChI is InChI=1S/C20H29N3O/c1-20(2,3)19-21-17-8-4-5-9-18(17)23(19)16-12-22(13-16)11-15-7-6-10-24-14-15/h4-5,8-9,15-16H,6-7,10-14H2,1-3H3. The molecule has 4 nitrogen and oxygen atoms in total. The van der Waals surface area contributed by atoms with Crippen molar-refractivity contribution < 1.29 is 4.74 Å². The zero-order valence-corrected chi connectivity index (χ0v) is 15.2. The molecule has 2 aliphatic heterocycles. The van der Waals surface area contributed by atoms with Crippen LogP contribution in [0.5, 0.6) is 0 Å². The molecule has 0 saturated carbocycles. The Hall–Kier alpha value is -1.39. The Morgan fingerprint density at radius 1 is 1.21 bits per heavy atom. The second-order valence-electron chi connectivity index (χ2n) is 8.50. The topological polar surface area (TPSA) is 30.3 Å². The molecule has 24 heavy (non-hydrogen) atoms. The predicted octanol–water partition coefficient (Wildman–Crippen LogP) is 3.62. The Labute approximate surface area is 144 Å². The van der Waals surface area contributed by atoms with E-state index in [1.807, 2.05) is 0 Å². The van der Waals surface area contributed by atoms with E-state index in [0.29, 0.717) is 6.04 Å². The number of rotatable bonds is 3. The summed E-state index contributed by atoms with van der Waals surface area (Å²) in [6.45, 7) is 12.2. The van der Waals surface area contributed by atoms with Gasteiger partial charge in [0.15, 0.2) is 0 Å². The smallest absolute Gasteiger partial charge is 0.115 e. The number of likely N-dealkylation sites (tertiary alicyclic amines) is 1. The average molecular weight is 327 g/mol. The molecule has 0 aliphatic carbocycles. The summed E-state index contributed by atoms with van der Waals surface area (Å²) in [4.78, 5) is 7.54. The Morgan fingerprint density at radius 3 is 2.71 bits per heavy atom. The van der Waals surface area contributed by atoms with Gasteiger partial charge in [0.2, 0.25) is 0 Å². The molecule has 2 aliphatic rings. The van der Waals surface area contributed by atoms with Crippen LogP contribution in [0.15, 0.2) is 24.3 Å². The number of ether oxygens (including phenoxy) is 1. The maximum Gasteiger partial charge on any atom is 0.115 e. The first-order chi connectivity index (χ1) is 11.5. The van der Waals surface area contributed by atoms with E-state index in [1.54, 1.807) is 0 Å². The van der Waals surface area contributed by atoms with Crippen LogP contribution in [0.4, 0.5) is 0 Å². The molecular weight excluding hydrogens is 298 g/mol. The minimum absolute atomic E-state index is 0.0661. The molecule has 0 radical (unpaired) electrons. The molecule has 0 amide bonds. The summed E-state index contributed by atoms with van der Waals surface area (Å²) in [5, 5.41) is 0. The van der Waals surface area contributed by atoms with Gasteiger partial charge < -0.3 is 9.30 Å². The van der Waals surface area contributed by atoms with Crippen molar-refractivity contribution in [3.05, 3.63) is 30.1 Å². The van der Waals surface area contributed by atoms with E-state index >= 15 is 0 Å². The zero-order chi connectivity index (χ0) is 16.7. The molecule has 4 heteroatoms. The lowest BCUT2D eigenvalue weighted by molar-refractivity contribution is 0.0143. The van der Waals surface area contributed by atoms with Crippen LogP contribution in [-0.2, 0) is 10.2 Å². The Morgan fingerprint density at radius 2 is 2.00 bits per heavy atom. The van der Waals surface area contributed by atoms with Gasteiger partial charge in [-0.05, 0) is 30.9 Å². The SMILES string of the molecule is CC(C)(C)c1nc2ccccc2n1C1CN(CC2CCCOC2)C1. The molecule has 0 spiro atoms. The number of hydrogen-bond donors (Lipinski definition) is 0. The molecule has 2 aromatic rings. The van der Waals surface area contributed by atoms with Crippen LogP contribution >= 0.6 is 0 Å². The first kappa shape index (κ1) is 16.1. The van der Waals surface area contributed by atoms with E-state index in [1.165, 1.54) is 30.7 Å². The van der Waals surface area contributed by atoms with Crippen molar-refractivity contribution in [1.82, 2.24) is 14.5 Å². The molecule has 0 N–H and O–H groups in total. The first-order valence-corrected chi connectivity index (χ1v) is 9.30. The van der Waals surface area contributed by atoms with Crippen molar-refractivity contribution in [3.8, 4) is 0 Å². The lowest BCUT2D eigenvalue weighted by Crippen LogP contribution is -2.51. The van der Waals surface area contributed by atoms with Crippen molar-refractivity contribution in [3.63, 3.8) is 0 Å². The third-order valence-corrected chi connectivity index (χ3v) is 5.34.